The maximum atomic E-state index is 12.9. The van der Waals surface area contributed by atoms with E-state index in [1.807, 2.05) is 12.1 Å². The number of halogens is 1. The quantitative estimate of drug-likeness (QED) is 0.840. The second-order valence-electron chi connectivity index (χ2n) is 7.18. The van der Waals surface area contributed by atoms with Gasteiger partial charge in [-0.15, -0.1) is 0 Å². The Morgan fingerprint density at radius 2 is 1.88 bits per heavy atom. The lowest BCUT2D eigenvalue weighted by molar-refractivity contribution is -0.135. The van der Waals surface area contributed by atoms with Crippen LogP contribution in [0.4, 0.5) is 5.69 Å². The van der Waals surface area contributed by atoms with Crippen molar-refractivity contribution in [2.24, 2.45) is 0 Å². The highest BCUT2D eigenvalue weighted by molar-refractivity contribution is 6.31. The van der Waals surface area contributed by atoms with Crippen LogP contribution in [0, 0.1) is 0 Å². The summed E-state index contributed by atoms with van der Waals surface area (Å²) in [5, 5.41) is 11.5. The van der Waals surface area contributed by atoms with Crippen LogP contribution in [0.1, 0.15) is 46.3 Å². The lowest BCUT2D eigenvalue weighted by atomic mass is 9.85. The Balaban J connectivity index is 1.67. The van der Waals surface area contributed by atoms with Gasteiger partial charge in [-0.05, 0) is 61.1 Å². The number of carbonyl (C=O) groups excluding carboxylic acids is 2. The van der Waals surface area contributed by atoms with Gasteiger partial charge in [-0.3, -0.25) is 9.59 Å². The summed E-state index contributed by atoms with van der Waals surface area (Å²) in [6.07, 6.45) is 4.04. The highest BCUT2D eigenvalue weighted by Gasteiger charge is 2.49. The number of anilines is 1. The van der Waals surface area contributed by atoms with Crippen molar-refractivity contribution in [3.8, 4) is 0 Å². The molecule has 1 N–H and O–H groups in total. The van der Waals surface area contributed by atoms with Crippen molar-refractivity contribution in [1.82, 2.24) is 0 Å². The maximum Gasteiger partial charge on any atom is 0.263 e. The van der Waals surface area contributed by atoms with Crippen molar-refractivity contribution in [3.63, 3.8) is 0 Å². The molecule has 1 aliphatic carbocycles. The number of ketones is 1. The highest BCUT2D eigenvalue weighted by Crippen LogP contribution is 2.43. The first-order chi connectivity index (χ1) is 12.4. The van der Waals surface area contributed by atoms with Crippen LogP contribution in [0.15, 0.2) is 36.4 Å². The van der Waals surface area contributed by atoms with Crippen LogP contribution in [-0.2, 0) is 23.2 Å². The van der Waals surface area contributed by atoms with Gasteiger partial charge in [-0.2, -0.15) is 0 Å². The van der Waals surface area contributed by atoms with Crippen LogP contribution in [0.25, 0.3) is 0 Å². The molecule has 4 nitrogen and oxygen atoms in total. The first kappa shape index (κ1) is 17.3. The van der Waals surface area contributed by atoms with Crippen LogP contribution in [-0.4, -0.2) is 23.8 Å². The minimum atomic E-state index is -1.87. The summed E-state index contributed by atoms with van der Waals surface area (Å²) < 4.78 is 0. The lowest BCUT2D eigenvalue weighted by Gasteiger charge is -2.22. The van der Waals surface area contributed by atoms with E-state index in [4.69, 9.17) is 11.6 Å². The minimum Gasteiger partial charge on any atom is -0.375 e. The van der Waals surface area contributed by atoms with E-state index in [1.165, 1.54) is 22.4 Å². The zero-order valence-electron chi connectivity index (χ0n) is 14.6. The SMILES string of the molecule is CN1C(=O)[C@](O)(CC(=O)c2ccc3c(c2)CCCC3)c2cc(Cl)ccc21. The molecule has 4 rings (SSSR count). The first-order valence-corrected chi connectivity index (χ1v) is 9.23. The summed E-state index contributed by atoms with van der Waals surface area (Å²) in [7, 11) is 1.59. The molecule has 1 atom stereocenters. The fourth-order valence-corrected chi connectivity index (χ4v) is 4.22. The zero-order chi connectivity index (χ0) is 18.5. The number of aryl methyl sites for hydroxylation is 2. The number of benzene rings is 2. The molecule has 0 aromatic heterocycles. The van der Waals surface area contributed by atoms with Crippen molar-refractivity contribution >= 4 is 29.0 Å². The molecule has 0 saturated heterocycles. The Hall–Kier alpha value is -2.17. The number of hydrogen-bond acceptors (Lipinski definition) is 3. The molecule has 0 bridgehead atoms. The van der Waals surface area contributed by atoms with E-state index in [2.05, 4.69) is 0 Å². The number of Topliss-reactive ketones (excluding diaryl/α,β-unsaturated/α-hetero) is 1. The molecular formula is C21H20ClNO3. The van der Waals surface area contributed by atoms with Crippen molar-refractivity contribution in [3.05, 3.63) is 63.7 Å². The summed E-state index contributed by atoms with van der Waals surface area (Å²) in [6, 6.07) is 10.6. The summed E-state index contributed by atoms with van der Waals surface area (Å²) in [5.41, 5.74) is 2.14. The number of rotatable bonds is 3. The number of fused-ring (bicyclic) bond motifs is 2. The Labute approximate surface area is 157 Å². The van der Waals surface area contributed by atoms with E-state index in [9.17, 15) is 14.7 Å². The largest absolute Gasteiger partial charge is 0.375 e. The lowest BCUT2D eigenvalue weighted by Crippen LogP contribution is -2.40. The van der Waals surface area contributed by atoms with Crippen LogP contribution >= 0.6 is 11.6 Å². The molecule has 0 fully saturated rings. The third kappa shape index (κ3) is 2.65. The van der Waals surface area contributed by atoms with Crippen molar-refractivity contribution in [2.75, 3.05) is 11.9 Å². The second kappa shape index (κ2) is 6.22. The molecule has 134 valence electrons. The molecule has 2 aromatic rings. The Bertz CT molecular complexity index is 923. The predicted octanol–water partition coefficient (Wildman–Crippen LogP) is 3.66. The van der Waals surface area contributed by atoms with Gasteiger partial charge in [0.05, 0.1) is 12.1 Å². The van der Waals surface area contributed by atoms with Crippen LogP contribution in [0.3, 0.4) is 0 Å². The van der Waals surface area contributed by atoms with Gasteiger partial charge in [0.25, 0.3) is 5.91 Å². The number of amides is 1. The average Bonchev–Trinajstić information content (AvgIpc) is 2.82. The normalized spacial score (nSPS) is 21.5. The maximum absolute atomic E-state index is 12.9. The number of carbonyl (C=O) groups is 2. The summed E-state index contributed by atoms with van der Waals surface area (Å²) in [4.78, 5) is 26.9. The van der Waals surface area contributed by atoms with E-state index < -0.39 is 11.5 Å². The molecule has 0 radical (unpaired) electrons. The molecule has 0 unspecified atom stereocenters. The van der Waals surface area contributed by atoms with Gasteiger partial charge in [-0.25, -0.2) is 0 Å². The van der Waals surface area contributed by atoms with E-state index >= 15 is 0 Å². The molecule has 0 spiro atoms. The predicted molar refractivity (Wildman–Crippen MR) is 101 cm³/mol. The molecule has 1 aliphatic heterocycles. The van der Waals surface area contributed by atoms with Gasteiger partial charge in [-0.1, -0.05) is 23.7 Å². The Morgan fingerprint density at radius 1 is 1.15 bits per heavy atom. The van der Waals surface area contributed by atoms with Crippen molar-refractivity contribution in [2.45, 2.75) is 37.7 Å². The summed E-state index contributed by atoms with van der Waals surface area (Å²) in [5.74, 6) is -0.739. The molecule has 26 heavy (non-hydrogen) atoms. The van der Waals surface area contributed by atoms with Crippen molar-refractivity contribution < 1.29 is 14.7 Å². The van der Waals surface area contributed by atoms with Gasteiger partial charge in [0, 0.05) is 23.2 Å². The van der Waals surface area contributed by atoms with Gasteiger partial charge in [0.1, 0.15) is 0 Å². The van der Waals surface area contributed by atoms with E-state index in [0.29, 0.717) is 21.8 Å². The number of hydrogen-bond donors (Lipinski definition) is 1. The number of likely N-dealkylation sites (N-methyl/N-ethyl adjacent to an activating group) is 1. The number of nitrogens with zero attached hydrogens (tertiary/aromatic N) is 1. The van der Waals surface area contributed by atoms with Crippen LogP contribution in [0.2, 0.25) is 5.02 Å². The molecule has 1 heterocycles. The molecular weight excluding hydrogens is 350 g/mol. The topological polar surface area (TPSA) is 57.6 Å². The Morgan fingerprint density at radius 3 is 2.65 bits per heavy atom. The third-order valence-corrected chi connectivity index (χ3v) is 5.75. The summed E-state index contributed by atoms with van der Waals surface area (Å²) in [6.45, 7) is 0. The van der Waals surface area contributed by atoms with Gasteiger partial charge in [0.2, 0.25) is 0 Å². The van der Waals surface area contributed by atoms with Crippen LogP contribution < -0.4 is 4.90 Å². The first-order valence-electron chi connectivity index (χ1n) is 8.86. The number of aliphatic hydroxyl groups is 1. The fourth-order valence-electron chi connectivity index (χ4n) is 4.05. The smallest absolute Gasteiger partial charge is 0.263 e. The van der Waals surface area contributed by atoms with Crippen LogP contribution in [0.5, 0.6) is 0 Å². The van der Waals surface area contributed by atoms with Gasteiger partial charge in [0.15, 0.2) is 11.4 Å². The molecule has 2 aromatic carbocycles. The van der Waals surface area contributed by atoms with E-state index in [0.717, 1.165) is 19.3 Å². The third-order valence-electron chi connectivity index (χ3n) is 5.51. The second-order valence-corrected chi connectivity index (χ2v) is 7.61. The van der Waals surface area contributed by atoms with Crippen molar-refractivity contribution in [1.29, 1.82) is 0 Å². The monoisotopic (exact) mass is 369 g/mol. The summed E-state index contributed by atoms with van der Waals surface area (Å²) >= 11 is 6.05. The van der Waals surface area contributed by atoms with Gasteiger partial charge >= 0.3 is 0 Å². The van der Waals surface area contributed by atoms with E-state index in [1.54, 1.807) is 31.3 Å². The van der Waals surface area contributed by atoms with E-state index in [-0.39, 0.29) is 12.2 Å². The highest BCUT2D eigenvalue weighted by atomic mass is 35.5. The molecule has 2 aliphatic rings. The fraction of sp³-hybridized carbons (Fsp3) is 0.333. The standard InChI is InChI=1S/C21H20ClNO3/c1-23-18-9-8-16(22)11-17(18)21(26,20(23)25)12-19(24)15-7-6-13-4-2-3-5-14(13)10-15/h6-11,26H,2-5,12H2,1H3/t21-/m0/s1. The minimum absolute atomic E-state index is 0.240. The Kier molecular flexibility index (Phi) is 4.13. The molecule has 5 heteroatoms. The average molecular weight is 370 g/mol. The molecule has 0 saturated carbocycles. The van der Waals surface area contributed by atoms with Gasteiger partial charge < -0.3 is 10.0 Å². The zero-order valence-corrected chi connectivity index (χ0v) is 15.3. The molecule has 1 amide bonds.